The van der Waals surface area contributed by atoms with Crippen LogP contribution in [0.15, 0.2) is 4.52 Å². The van der Waals surface area contributed by atoms with E-state index >= 15 is 0 Å². The molecule has 0 bridgehead atoms. The van der Waals surface area contributed by atoms with Crippen LogP contribution in [0, 0.1) is 4.84 Å². The number of H-pyrrole nitrogens is 1. The van der Waals surface area contributed by atoms with Crippen LogP contribution in [0.25, 0.3) is 0 Å². The molecule has 0 unspecified atom stereocenters. The summed E-state index contributed by atoms with van der Waals surface area (Å²) in [6, 6.07) is 0. The minimum atomic E-state index is -0.277. The summed E-state index contributed by atoms with van der Waals surface area (Å²) in [5.74, 6) is 0.734. The summed E-state index contributed by atoms with van der Waals surface area (Å²) < 4.78 is 10.4. The van der Waals surface area contributed by atoms with Crippen molar-refractivity contribution in [1.82, 2.24) is 10.1 Å². The lowest BCUT2D eigenvalue weighted by Crippen LogP contribution is -2.25. The molecule has 13 heavy (non-hydrogen) atoms. The number of methoxy groups -OCH3 is 1. The third-order valence-electron chi connectivity index (χ3n) is 2.67. The van der Waals surface area contributed by atoms with Gasteiger partial charge < -0.3 is 9.26 Å². The molecular formula is C8H12N2O2S. The van der Waals surface area contributed by atoms with E-state index in [0.29, 0.717) is 0 Å². The maximum Gasteiger partial charge on any atom is 0.314 e. The number of ether oxygens (including phenoxy) is 1. The molecule has 0 saturated heterocycles. The zero-order valence-electron chi connectivity index (χ0n) is 7.50. The van der Waals surface area contributed by atoms with Gasteiger partial charge in [-0.05, 0) is 37.9 Å². The van der Waals surface area contributed by atoms with E-state index in [9.17, 15) is 0 Å². The molecule has 2 rings (SSSR count). The Hall–Kier alpha value is -0.680. The molecule has 72 valence electrons. The molecule has 1 N–H and O–H groups in total. The Morgan fingerprint density at radius 1 is 1.54 bits per heavy atom. The second kappa shape index (κ2) is 3.23. The van der Waals surface area contributed by atoms with Crippen molar-refractivity contribution in [1.29, 1.82) is 0 Å². The Morgan fingerprint density at radius 2 is 2.23 bits per heavy atom. The van der Waals surface area contributed by atoms with Crippen LogP contribution in [-0.4, -0.2) is 17.3 Å². The van der Waals surface area contributed by atoms with E-state index in [1.807, 2.05) is 0 Å². The van der Waals surface area contributed by atoms with Crippen LogP contribution in [0.2, 0.25) is 0 Å². The fraction of sp³-hybridized carbons (Fsp3) is 0.750. The molecule has 0 aliphatic heterocycles. The first-order valence-electron chi connectivity index (χ1n) is 4.38. The largest absolute Gasteiger partial charge is 0.370 e. The number of aromatic nitrogens is 2. The molecule has 1 heterocycles. The van der Waals surface area contributed by atoms with Gasteiger partial charge in [0.1, 0.15) is 5.60 Å². The topological polar surface area (TPSA) is 51.1 Å². The summed E-state index contributed by atoms with van der Waals surface area (Å²) in [5.41, 5.74) is -0.277. The predicted octanol–water partition coefficient (Wildman–Crippen LogP) is 2.15. The van der Waals surface area contributed by atoms with Gasteiger partial charge in [-0.25, -0.2) is 5.16 Å². The van der Waals surface area contributed by atoms with Crippen molar-refractivity contribution in [3.05, 3.63) is 10.7 Å². The highest BCUT2D eigenvalue weighted by Crippen LogP contribution is 2.39. The van der Waals surface area contributed by atoms with Gasteiger partial charge in [0.05, 0.1) is 0 Å². The zero-order valence-corrected chi connectivity index (χ0v) is 8.32. The van der Waals surface area contributed by atoms with Gasteiger partial charge in [-0.15, -0.1) is 0 Å². The highest BCUT2D eigenvalue weighted by Gasteiger charge is 2.38. The van der Waals surface area contributed by atoms with E-state index in [1.165, 1.54) is 12.8 Å². The fourth-order valence-corrected chi connectivity index (χ4v) is 2.04. The number of nitrogens with one attached hydrogen (secondary N) is 1. The van der Waals surface area contributed by atoms with Crippen molar-refractivity contribution < 1.29 is 9.26 Å². The maximum atomic E-state index is 5.50. The van der Waals surface area contributed by atoms with Gasteiger partial charge in [0.2, 0.25) is 0 Å². The summed E-state index contributed by atoms with van der Waals surface area (Å²) in [5, 5.41) is 2.72. The SMILES string of the molecule is COC1(c2nc(=S)o[nH]2)CCCC1. The molecule has 1 aromatic heterocycles. The van der Waals surface area contributed by atoms with E-state index in [4.69, 9.17) is 21.5 Å². The van der Waals surface area contributed by atoms with Crippen LogP contribution in [0.5, 0.6) is 0 Å². The standard InChI is InChI=1S/C8H12N2O2S/c1-11-8(4-2-3-5-8)6-9-7(13)12-10-6/h2-5H2,1H3,(H,9,10,13). The molecule has 1 fully saturated rings. The van der Waals surface area contributed by atoms with Gasteiger partial charge in [-0.1, -0.05) is 0 Å². The van der Waals surface area contributed by atoms with Gasteiger partial charge in [-0.3, -0.25) is 0 Å². The Labute approximate surface area is 81.3 Å². The van der Waals surface area contributed by atoms with Gasteiger partial charge in [0.25, 0.3) is 0 Å². The minimum absolute atomic E-state index is 0.248. The van der Waals surface area contributed by atoms with E-state index in [1.54, 1.807) is 7.11 Å². The summed E-state index contributed by atoms with van der Waals surface area (Å²) in [6.07, 6.45) is 4.31. The van der Waals surface area contributed by atoms with Crippen LogP contribution < -0.4 is 0 Å². The van der Waals surface area contributed by atoms with Gasteiger partial charge >= 0.3 is 4.84 Å². The lowest BCUT2D eigenvalue weighted by molar-refractivity contribution is -0.0178. The summed E-state index contributed by atoms with van der Waals surface area (Å²) in [7, 11) is 1.71. The van der Waals surface area contributed by atoms with Crippen LogP contribution >= 0.6 is 12.2 Å². The van der Waals surface area contributed by atoms with Crippen molar-refractivity contribution in [2.24, 2.45) is 0 Å². The lowest BCUT2D eigenvalue weighted by atomic mass is 10.0. The van der Waals surface area contributed by atoms with Crippen molar-refractivity contribution in [3.63, 3.8) is 0 Å². The zero-order chi connectivity index (χ0) is 9.31. The fourth-order valence-electron chi connectivity index (χ4n) is 1.91. The number of nitrogens with zero attached hydrogens (tertiary/aromatic N) is 1. The lowest BCUT2D eigenvalue weighted by Gasteiger charge is -2.23. The number of hydrogen-bond acceptors (Lipinski definition) is 4. The molecule has 1 aromatic rings. The normalized spacial score (nSPS) is 20.7. The number of aromatic amines is 1. The average molecular weight is 200 g/mol. The molecule has 0 aromatic carbocycles. The van der Waals surface area contributed by atoms with E-state index in [-0.39, 0.29) is 10.4 Å². The molecule has 0 radical (unpaired) electrons. The maximum absolute atomic E-state index is 5.50. The van der Waals surface area contributed by atoms with Crippen molar-refractivity contribution >= 4 is 12.2 Å². The highest BCUT2D eigenvalue weighted by molar-refractivity contribution is 7.71. The third-order valence-corrected chi connectivity index (χ3v) is 2.85. The molecule has 1 saturated carbocycles. The van der Waals surface area contributed by atoms with Gasteiger partial charge in [0.15, 0.2) is 5.82 Å². The second-order valence-electron chi connectivity index (χ2n) is 3.34. The number of hydrogen-bond donors (Lipinski definition) is 1. The quantitative estimate of drug-likeness (QED) is 0.743. The smallest absolute Gasteiger partial charge is 0.314 e. The Morgan fingerprint density at radius 3 is 2.69 bits per heavy atom. The van der Waals surface area contributed by atoms with Crippen LogP contribution in [-0.2, 0) is 10.3 Å². The van der Waals surface area contributed by atoms with E-state index in [0.717, 1.165) is 18.7 Å². The molecule has 0 atom stereocenters. The Bertz CT molecular complexity index is 338. The van der Waals surface area contributed by atoms with Crippen LogP contribution in [0.4, 0.5) is 0 Å². The Balaban J connectivity index is 2.35. The third kappa shape index (κ3) is 1.42. The van der Waals surface area contributed by atoms with Crippen molar-refractivity contribution in [2.45, 2.75) is 31.3 Å². The first-order chi connectivity index (χ1) is 6.27. The molecule has 0 amide bonds. The van der Waals surface area contributed by atoms with E-state index < -0.39 is 0 Å². The van der Waals surface area contributed by atoms with Crippen LogP contribution in [0.3, 0.4) is 0 Å². The molecule has 0 spiro atoms. The summed E-state index contributed by atoms with van der Waals surface area (Å²) in [4.78, 5) is 4.35. The molecular weight excluding hydrogens is 188 g/mol. The molecule has 1 aliphatic carbocycles. The predicted molar refractivity (Wildman–Crippen MR) is 48.8 cm³/mol. The second-order valence-corrected chi connectivity index (χ2v) is 3.69. The molecule has 4 nitrogen and oxygen atoms in total. The van der Waals surface area contributed by atoms with Crippen molar-refractivity contribution in [3.8, 4) is 0 Å². The molecule has 1 aliphatic rings. The highest BCUT2D eigenvalue weighted by atomic mass is 32.1. The minimum Gasteiger partial charge on any atom is -0.370 e. The van der Waals surface area contributed by atoms with Crippen molar-refractivity contribution in [2.75, 3.05) is 7.11 Å². The number of rotatable bonds is 2. The monoisotopic (exact) mass is 200 g/mol. The van der Waals surface area contributed by atoms with Gasteiger partial charge in [0, 0.05) is 7.11 Å². The summed E-state index contributed by atoms with van der Waals surface area (Å²) >= 11 is 4.80. The summed E-state index contributed by atoms with van der Waals surface area (Å²) in [6.45, 7) is 0. The first kappa shape index (κ1) is 8.90. The van der Waals surface area contributed by atoms with Crippen LogP contribution in [0.1, 0.15) is 31.5 Å². The molecule has 5 heteroatoms. The first-order valence-corrected chi connectivity index (χ1v) is 4.79. The Kier molecular flexibility index (Phi) is 2.21. The van der Waals surface area contributed by atoms with Gasteiger partial charge in [-0.2, -0.15) is 4.98 Å². The average Bonchev–Trinajstić information content (AvgIpc) is 2.73. The van der Waals surface area contributed by atoms with E-state index in [2.05, 4.69) is 10.1 Å².